The van der Waals surface area contributed by atoms with Crippen molar-refractivity contribution in [2.45, 2.75) is 6.54 Å². The van der Waals surface area contributed by atoms with Crippen molar-refractivity contribution in [3.8, 4) is 23.3 Å². The van der Waals surface area contributed by atoms with Gasteiger partial charge in [-0.05, 0) is 41.0 Å². The first-order valence-electron chi connectivity index (χ1n) is 7.06. The minimum absolute atomic E-state index is 0.574. The zero-order chi connectivity index (χ0) is 16.7. The van der Waals surface area contributed by atoms with Crippen LogP contribution in [0.4, 0.5) is 0 Å². The van der Waals surface area contributed by atoms with Gasteiger partial charge in [-0.2, -0.15) is 10.5 Å². The maximum atomic E-state index is 9.28. The third kappa shape index (κ3) is 4.06. The van der Waals surface area contributed by atoms with Crippen molar-refractivity contribution in [2.24, 2.45) is 4.99 Å². The van der Waals surface area contributed by atoms with Gasteiger partial charge in [0.05, 0.1) is 29.6 Å². The van der Waals surface area contributed by atoms with E-state index >= 15 is 0 Å². The van der Waals surface area contributed by atoms with Crippen LogP contribution in [0.3, 0.4) is 0 Å². The highest BCUT2D eigenvalue weighted by molar-refractivity contribution is 5.67. The first-order chi connectivity index (χ1) is 11.2. The monoisotopic (exact) mass is 300 g/mol. The van der Waals surface area contributed by atoms with Crippen molar-refractivity contribution in [2.75, 3.05) is 7.05 Å². The minimum Gasteiger partial charge on any atom is -0.361 e. The number of hydrogen-bond acceptors (Lipinski definition) is 3. The van der Waals surface area contributed by atoms with E-state index in [1.165, 1.54) is 6.20 Å². The molecular weight excluding hydrogens is 284 g/mol. The first-order valence-corrected chi connectivity index (χ1v) is 7.06. The van der Waals surface area contributed by atoms with E-state index < -0.39 is 0 Å². The van der Waals surface area contributed by atoms with E-state index in [9.17, 15) is 5.26 Å². The van der Waals surface area contributed by atoms with Crippen LogP contribution < -0.4 is 0 Å². The highest BCUT2D eigenvalue weighted by Crippen LogP contribution is 2.23. The molecular formula is C19H16N4. The Morgan fingerprint density at radius 1 is 1.09 bits per heavy atom. The van der Waals surface area contributed by atoms with Gasteiger partial charge in [0.25, 0.3) is 0 Å². The van der Waals surface area contributed by atoms with Crippen LogP contribution >= 0.6 is 0 Å². The standard InChI is InChI=1S/C19H16N4/c1-3-22-14-23(2)13-19-10-17(8-9-18(19)12-21)16-6-4-15(11-20)5-7-16/h3-10,14H,1,13H2,2H3. The van der Waals surface area contributed by atoms with Crippen molar-refractivity contribution < 1.29 is 0 Å². The summed E-state index contributed by atoms with van der Waals surface area (Å²) in [6.45, 7) is 4.12. The molecule has 0 aromatic heterocycles. The molecule has 0 aliphatic heterocycles. The second-order valence-electron chi connectivity index (χ2n) is 5.04. The molecule has 4 heteroatoms. The molecule has 0 saturated heterocycles. The van der Waals surface area contributed by atoms with E-state index in [1.54, 1.807) is 18.5 Å². The lowest BCUT2D eigenvalue weighted by Gasteiger charge is -2.15. The zero-order valence-corrected chi connectivity index (χ0v) is 12.9. The SMILES string of the molecule is C=CN=CN(C)Cc1cc(-c2ccc(C#N)cc2)ccc1C#N. The number of rotatable bonds is 5. The third-order valence-electron chi connectivity index (χ3n) is 3.36. The Bertz CT molecular complexity index is 805. The van der Waals surface area contributed by atoms with Gasteiger partial charge in [0.1, 0.15) is 0 Å². The maximum Gasteiger partial charge on any atom is 0.0995 e. The largest absolute Gasteiger partial charge is 0.361 e. The molecule has 23 heavy (non-hydrogen) atoms. The molecule has 0 spiro atoms. The summed E-state index contributed by atoms with van der Waals surface area (Å²) in [5, 5.41) is 18.2. The van der Waals surface area contributed by atoms with Crippen LogP contribution in [-0.4, -0.2) is 18.3 Å². The van der Waals surface area contributed by atoms with Crippen LogP contribution in [0.1, 0.15) is 16.7 Å². The Morgan fingerprint density at radius 2 is 1.78 bits per heavy atom. The Morgan fingerprint density at radius 3 is 2.39 bits per heavy atom. The highest BCUT2D eigenvalue weighted by Gasteiger charge is 2.07. The Kier molecular flexibility index (Phi) is 5.28. The van der Waals surface area contributed by atoms with Gasteiger partial charge < -0.3 is 4.90 Å². The third-order valence-corrected chi connectivity index (χ3v) is 3.36. The first kappa shape index (κ1) is 16.0. The number of benzene rings is 2. The lowest BCUT2D eigenvalue weighted by atomic mass is 9.98. The van der Waals surface area contributed by atoms with Gasteiger partial charge >= 0.3 is 0 Å². The summed E-state index contributed by atoms with van der Waals surface area (Å²) in [6.07, 6.45) is 3.14. The lowest BCUT2D eigenvalue weighted by Crippen LogP contribution is -2.16. The summed E-state index contributed by atoms with van der Waals surface area (Å²) in [5.41, 5.74) is 4.21. The molecule has 0 heterocycles. The van der Waals surface area contributed by atoms with E-state index in [4.69, 9.17) is 5.26 Å². The normalized spacial score (nSPS) is 10.0. The molecule has 0 aliphatic rings. The topological polar surface area (TPSA) is 63.2 Å². The van der Waals surface area contributed by atoms with Crippen LogP contribution in [0.2, 0.25) is 0 Å². The van der Waals surface area contributed by atoms with Gasteiger partial charge in [0.2, 0.25) is 0 Å². The number of hydrogen-bond donors (Lipinski definition) is 0. The summed E-state index contributed by atoms with van der Waals surface area (Å²) >= 11 is 0. The predicted octanol–water partition coefficient (Wildman–Crippen LogP) is 3.70. The van der Waals surface area contributed by atoms with Crippen molar-refractivity contribution >= 4 is 6.34 Å². The molecule has 0 atom stereocenters. The Balaban J connectivity index is 2.34. The van der Waals surface area contributed by atoms with Crippen molar-refractivity contribution in [1.82, 2.24) is 4.90 Å². The van der Waals surface area contributed by atoms with E-state index in [1.807, 2.05) is 42.3 Å². The fourth-order valence-corrected chi connectivity index (χ4v) is 2.22. The van der Waals surface area contributed by atoms with Crippen LogP contribution in [0.15, 0.2) is 60.2 Å². The minimum atomic E-state index is 0.574. The summed E-state index contributed by atoms with van der Waals surface area (Å²) in [6, 6.07) is 17.5. The fraction of sp³-hybridized carbons (Fsp3) is 0.105. The molecule has 0 unspecified atom stereocenters. The molecule has 0 bridgehead atoms. The number of nitrogens with zero attached hydrogens (tertiary/aromatic N) is 4. The van der Waals surface area contributed by atoms with Crippen LogP contribution in [0.5, 0.6) is 0 Å². The van der Waals surface area contributed by atoms with E-state index in [2.05, 4.69) is 23.7 Å². The van der Waals surface area contributed by atoms with Gasteiger partial charge in [-0.3, -0.25) is 0 Å². The second kappa shape index (κ2) is 7.59. The molecule has 2 aromatic rings. The number of aliphatic imine (C=N–C) groups is 1. The summed E-state index contributed by atoms with van der Waals surface area (Å²) in [4.78, 5) is 5.86. The molecule has 0 N–H and O–H groups in total. The van der Waals surface area contributed by atoms with E-state index in [0.717, 1.165) is 16.7 Å². The molecule has 0 saturated carbocycles. The fourth-order valence-electron chi connectivity index (χ4n) is 2.22. The Labute approximate surface area is 136 Å². The van der Waals surface area contributed by atoms with Crippen LogP contribution in [-0.2, 0) is 6.54 Å². The van der Waals surface area contributed by atoms with Crippen LogP contribution in [0, 0.1) is 22.7 Å². The Hall–Kier alpha value is -3.37. The molecule has 4 nitrogen and oxygen atoms in total. The van der Waals surface area contributed by atoms with Crippen molar-refractivity contribution in [3.05, 3.63) is 71.9 Å². The average molecular weight is 300 g/mol. The predicted molar refractivity (Wildman–Crippen MR) is 91.5 cm³/mol. The molecule has 0 aliphatic carbocycles. The molecule has 2 aromatic carbocycles. The van der Waals surface area contributed by atoms with E-state index in [-0.39, 0.29) is 0 Å². The zero-order valence-electron chi connectivity index (χ0n) is 12.9. The van der Waals surface area contributed by atoms with Crippen molar-refractivity contribution in [1.29, 1.82) is 10.5 Å². The quantitative estimate of drug-likeness (QED) is 0.624. The van der Waals surface area contributed by atoms with Crippen molar-refractivity contribution in [3.63, 3.8) is 0 Å². The molecule has 112 valence electrons. The molecule has 2 rings (SSSR count). The van der Waals surface area contributed by atoms with E-state index in [0.29, 0.717) is 17.7 Å². The van der Waals surface area contributed by atoms with Crippen LogP contribution in [0.25, 0.3) is 11.1 Å². The molecule has 0 fully saturated rings. The summed E-state index contributed by atoms with van der Waals surface area (Å²) < 4.78 is 0. The number of nitriles is 2. The van der Waals surface area contributed by atoms with Gasteiger partial charge in [0, 0.05) is 19.8 Å². The molecule has 0 amide bonds. The maximum absolute atomic E-state index is 9.28. The van der Waals surface area contributed by atoms with Gasteiger partial charge in [0.15, 0.2) is 0 Å². The summed E-state index contributed by atoms with van der Waals surface area (Å²) in [7, 11) is 1.89. The summed E-state index contributed by atoms with van der Waals surface area (Å²) in [5.74, 6) is 0. The smallest absolute Gasteiger partial charge is 0.0995 e. The second-order valence-corrected chi connectivity index (χ2v) is 5.04. The van der Waals surface area contributed by atoms with Gasteiger partial charge in [-0.25, -0.2) is 4.99 Å². The van der Waals surface area contributed by atoms with Gasteiger partial charge in [-0.15, -0.1) is 0 Å². The lowest BCUT2D eigenvalue weighted by molar-refractivity contribution is 0.515. The van der Waals surface area contributed by atoms with Gasteiger partial charge in [-0.1, -0.05) is 24.8 Å². The highest BCUT2D eigenvalue weighted by atomic mass is 15.1. The molecule has 0 radical (unpaired) electrons. The average Bonchev–Trinajstić information content (AvgIpc) is 2.60.